The van der Waals surface area contributed by atoms with Gasteiger partial charge in [0.15, 0.2) is 5.82 Å². The molecule has 0 unspecified atom stereocenters. The van der Waals surface area contributed by atoms with Crippen molar-refractivity contribution in [3.63, 3.8) is 0 Å². The summed E-state index contributed by atoms with van der Waals surface area (Å²) in [6.07, 6.45) is -4.53. The molecule has 3 aromatic heterocycles. The number of fused-ring (bicyclic) bond motifs is 2. The lowest BCUT2D eigenvalue weighted by atomic mass is 10.2. The third-order valence-electron chi connectivity index (χ3n) is 4.20. The molecule has 1 aliphatic heterocycles. The second-order valence-corrected chi connectivity index (χ2v) is 7.34. The van der Waals surface area contributed by atoms with E-state index >= 15 is 0 Å². The van der Waals surface area contributed by atoms with Crippen molar-refractivity contribution in [2.45, 2.75) is 26.2 Å². The van der Waals surface area contributed by atoms with Gasteiger partial charge in [-0.3, -0.25) is 0 Å². The van der Waals surface area contributed by atoms with Crippen molar-refractivity contribution in [3.8, 4) is 0 Å². The summed E-state index contributed by atoms with van der Waals surface area (Å²) in [6, 6.07) is 1.96. The molecule has 4 heterocycles. The van der Waals surface area contributed by atoms with E-state index in [4.69, 9.17) is 5.11 Å². The average molecular weight is 399 g/mol. The number of aliphatic hydroxyl groups is 1. The first-order valence-corrected chi connectivity index (χ1v) is 9.05. The van der Waals surface area contributed by atoms with Gasteiger partial charge in [-0.15, -0.1) is 21.5 Å². The Bertz CT molecular complexity index is 984. The largest absolute Gasteiger partial charge is 0.451 e. The van der Waals surface area contributed by atoms with E-state index in [9.17, 15) is 13.2 Å². The molecular weight excluding hydrogens is 383 g/mol. The van der Waals surface area contributed by atoms with Gasteiger partial charge < -0.3 is 19.9 Å². The molecule has 1 aliphatic rings. The minimum absolute atomic E-state index is 0.0623. The maximum absolute atomic E-state index is 13.0. The van der Waals surface area contributed by atoms with Gasteiger partial charge in [-0.05, 0) is 13.0 Å². The van der Waals surface area contributed by atoms with Gasteiger partial charge >= 0.3 is 6.18 Å². The van der Waals surface area contributed by atoms with Gasteiger partial charge in [0.2, 0.25) is 11.8 Å². The summed E-state index contributed by atoms with van der Waals surface area (Å²) in [5.41, 5.74) is 0. The standard InChI is InChI=1S/C15H16F3N7OS/c1-8-6-9-11(20-14(19-2-5-26)21-12(9)27-8)24-3-4-25-10(7-24)22-23-13(25)15(16,17)18/h6,26H,2-5,7H2,1H3,(H,19,20,21). The van der Waals surface area contributed by atoms with Crippen molar-refractivity contribution in [2.75, 3.05) is 29.9 Å². The van der Waals surface area contributed by atoms with Crippen LogP contribution in [0.15, 0.2) is 6.07 Å². The maximum Gasteiger partial charge on any atom is 0.451 e. The Balaban J connectivity index is 1.71. The summed E-state index contributed by atoms with van der Waals surface area (Å²) in [5.74, 6) is 0.280. The minimum Gasteiger partial charge on any atom is -0.395 e. The summed E-state index contributed by atoms with van der Waals surface area (Å²) >= 11 is 1.51. The number of anilines is 2. The van der Waals surface area contributed by atoms with Crippen LogP contribution in [0.4, 0.5) is 24.9 Å². The van der Waals surface area contributed by atoms with E-state index < -0.39 is 12.0 Å². The van der Waals surface area contributed by atoms with Crippen LogP contribution in [0.3, 0.4) is 0 Å². The number of nitrogens with zero attached hydrogens (tertiary/aromatic N) is 6. The van der Waals surface area contributed by atoms with E-state index in [1.807, 2.05) is 17.9 Å². The lowest BCUT2D eigenvalue weighted by molar-refractivity contribution is -0.147. The Morgan fingerprint density at radius 1 is 1.26 bits per heavy atom. The Morgan fingerprint density at radius 2 is 2.07 bits per heavy atom. The van der Waals surface area contributed by atoms with Gasteiger partial charge in [0.05, 0.1) is 18.5 Å². The predicted octanol–water partition coefficient (Wildman–Crippen LogP) is 2.03. The van der Waals surface area contributed by atoms with Crippen LogP contribution in [-0.4, -0.2) is 49.5 Å². The van der Waals surface area contributed by atoms with Gasteiger partial charge in [-0.2, -0.15) is 18.2 Å². The van der Waals surface area contributed by atoms with Crippen LogP contribution >= 0.6 is 11.3 Å². The molecule has 0 aromatic carbocycles. The molecule has 27 heavy (non-hydrogen) atoms. The summed E-state index contributed by atoms with van der Waals surface area (Å²) < 4.78 is 40.2. The van der Waals surface area contributed by atoms with Crippen LogP contribution in [0.2, 0.25) is 0 Å². The molecule has 12 heteroatoms. The minimum atomic E-state index is -4.53. The van der Waals surface area contributed by atoms with Crippen LogP contribution in [0, 0.1) is 6.92 Å². The quantitative estimate of drug-likeness (QED) is 0.694. The van der Waals surface area contributed by atoms with Crippen LogP contribution in [0.5, 0.6) is 0 Å². The average Bonchev–Trinajstić information content (AvgIpc) is 3.20. The van der Waals surface area contributed by atoms with Crippen molar-refractivity contribution in [3.05, 3.63) is 22.6 Å². The molecule has 0 radical (unpaired) electrons. The summed E-state index contributed by atoms with van der Waals surface area (Å²) in [5, 5.41) is 19.8. The van der Waals surface area contributed by atoms with Crippen LogP contribution < -0.4 is 10.2 Å². The Hall–Kier alpha value is -2.47. The zero-order chi connectivity index (χ0) is 19.2. The highest BCUT2D eigenvalue weighted by Crippen LogP contribution is 2.34. The second-order valence-electron chi connectivity index (χ2n) is 6.11. The molecule has 0 atom stereocenters. The number of hydrogen-bond acceptors (Lipinski definition) is 8. The molecular formula is C15H16F3N7OS. The summed E-state index contributed by atoms with van der Waals surface area (Å²) in [6.45, 7) is 2.83. The van der Waals surface area contributed by atoms with Crippen molar-refractivity contribution < 1.29 is 18.3 Å². The number of hydrogen-bond donors (Lipinski definition) is 2. The molecule has 0 amide bonds. The smallest absolute Gasteiger partial charge is 0.395 e. The second kappa shape index (κ2) is 6.60. The highest BCUT2D eigenvalue weighted by Gasteiger charge is 2.39. The maximum atomic E-state index is 13.0. The van der Waals surface area contributed by atoms with Crippen LogP contribution in [-0.2, 0) is 19.3 Å². The number of alkyl halides is 3. The molecule has 3 aromatic rings. The monoisotopic (exact) mass is 399 g/mol. The van der Waals surface area contributed by atoms with Crippen molar-refractivity contribution >= 4 is 33.3 Å². The zero-order valence-corrected chi connectivity index (χ0v) is 15.1. The van der Waals surface area contributed by atoms with Gasteiger partial charge in [-0.25, -0.2) is 4.98 Å². The molecule has 0 aliphatic carbocycles. The number of thiophene rings is 1. The normalized spacial score (nSPS) is 14.6. The van der Waals surface area contributed by atoms with E-state index in [0.29, 0.717) is 24.9 Å². The van der Waals surface area contributed by atoms with Gasteiger partial charge in [0.25, 0.3) is 0 Å². The van der Waals surface area contributed by atoms with Crippen LogP contribution in [0.25, 0.3) is 10.2 Å². The van der Waals surface area contributed by atoms with Crippen LogP contribution in [0.1, 0.15) is 16.5 Å². The number of nitrogens with one attached hydrogen (secondary N) is 1. The molecule has 8 nitrogen and oxygen atoms in total. The van der Waals surface area contributed by atoms with E-state index in [1.54, 1.807) is 0 Å². The summed E-state index contributed by atoms with van der Waals surface area (Å²) in [4.78, 5) is 12.7. The predicted molar refractivity (Wildman–Crippen MR) is 93.8 cm³/mol. The molecule has 2 N–H and O–H groups in total. The van der Waals surface area contributed by atoms with Crippen molar-refractivity contribution in [1.29, 1.82) is 0 Å². The molecule has 0 saturated carbocycles. The van der Waals surface area contributed by atoms with Gasteiger partial charge in [0, 0.05) is 24.5 Å². The fourth-order valence-corrected chi connectivity index (χ4v) is 3.94. The third kappa shape index (κ3) is 3.30. The lowest BCUT2D eigenvalue weighted by Crippen LogP contribution is -2.36. The topological polar surface area (TPSA) is 92.0 Å². The lowest BCUT2D eigenvalue weighted by Gasteiger charge is -2.29. The van der Waals surface area contributed by atoms with Crippen molar-refractivity contribution in [2.24, 2.45) is 0 Å². The highest BCUT2D eigenvalue weighted by molar-refractivity contribution is 7.18. The van der Waals surface area contributed by atoms with E-state index in [-0.39, 0.29) is 25.5 Å². The van der Waals surface area contributed by atoms with Gasteiger partial charge in [0.1, 0.15) is 10.6 Å². The van der Waals surface area contributed by atoms with E-state index in [0.717, 1.165) is 19.7 Å². The molecule has 144 valence electrons. The van der Waals surface area contributed by atoms with Gasteiger partial charge in [-0.1, -0.05) is 0 Å². The highest BCUT2D eigenvalue weighted by atomic mass is 32.1. The first-order chi connectivity index (χ1) is 12.9. The number of aliphatic hydroxyl groups excluding tert-OH is 1. The first kappa shape index (κ1) is 17.9. The van der Waals surface area contributed by atoms with E-state index in [2.05, 4.69) is 25.5 Å². The first-order valence-electron chi connectivity index (χ1n) is 8.24. The fraction of sp³-hybridized carbons (Fsp3) is 0.467. The Kier molecular flexibility index (Phi) is 4.38. The number of aromatic nitrogens is 5. The SMILES string of the molecule is Cc1cc2c(N3CCn4c(nnc4C(F)(F)F)C3)nc(NCCO)nc2s1. The zero-order valence-electron chi connectivity index (χ0n) is 14.3. The molecule has 0 spiro atoms. The summed E-state index contributed by atoms with van der Waals surface area (Å²) in [7, 11) is 0. The molecule has 0 bridgehead atoms. The Labute approximate surface area is 155 Å². The number of rotatable bonds is 4. The Morgan fingerprint density at radius 3 is 2.81 bits per heavy atom. The third-order valence-corrected chi connectivity index (χ3v) is 5.14. The fourth-order valence-electron chi connectivity index (χ4n) is 3.06. The molecule has 0 saturated heterocycles. The number of aryl methyl sites for hydroxylation is 1. The molecule has 0 fully saturated rings. The number of halogens is 3. The molecule has 4 rings (SSSR count). The van der Waals surface area contributed by atoms with E-state index in [1.165, 1.54) is 11.3 Å². The van der Waals surface area contributed by atoms with Crippen molar-refractivity contribution in [1.82, 2.24) is 24.7 Å².